The molecule has 1 saturated heterocycles. The zero-order valence-corrected chi connectivity index (χ0v) is 6.55. The molecule has 3 nitrogen and oxygen atoms in total. The topological polar surface area (TPSA) is 46.3 Å². The Hall–Kier alpha value is -0.570. The molecule has 0 aliphatic carbocycles. The summed E-state index contributed by atoms with van der Waals surface area (Å²) in [5.41, 5.74) is 5.27. The molecule has 0 unspecified atom stereocenters. The second kappa shape index (κ2) is 2.23. The van der Waals surface area contributed by atoms with Crippen LogP contribution in [0.15, 0.2) is 0 Å². The fraction of sp³-hybridized carbons (Fsp3) is 0.857. The number of carbonyl (C=O) groups is 1. The van der Waals surface area contributed by atoms with Crippen molar-refractivity contribution in [2.24, 2.45) is 5.73 Å². The molecule has 0 radical (unpaired) electrons. The molecule has 1 aliphatic rings. The zero-order chi connectivity index (χ0) is 7.78. The fourth-order valence-corrected chi connectivity index (χ4v) is 1.26. The summed E-state index contributed by atoms with van der Waals surface area (Å²) in [5.74, 6) is 0.188. The van der Waals surface area contributed by atoms with Crippen LogP contribution in [0.1, 0.15) is 26.7 Å². The summed E-state index contributed by atoms with van der Waals surface area (Å²) < 4.78 is 0. The van der Waals surface area contributed by atoms with E-state index in [1.165, 1.54) is 0 Å². The van der Waals surface area contributed by atoms with Gasteiger partial charge in [0.2, 0.25) is 5.91 Å². The van der Waals surface area contributed by atoms with Crippen molar-refractivity contribution < 1.29 is 4.79 Å². The van der Waals surface area contributed by atoms with Crippen molar-refractivity contribution in [2.75, 3.05) is 6.54 Å². The van der Waals surface area contributed by atoms with E-state index in [2.05, 4.69) is 0 Å². The number of nitrogens with two attached hydrogens (primary N) is 1. The molecular formula is C7H14N2O. The van der Waals surface area contributed by atoms with Gasteiger partial charge in [-0.25, -0.2) is 0 Å². The van der Waals surface area contributed by atoms with E-state index >= 15 is 0 Å². The Labute approximate surface area is 61.2 Å². The molecule has 0 atom stereocenters. The van der Waals surface area contributed by atoms with Crippen LogP contribution >= 0.6 is 0 Å². The van der Waals surface area contributed by atoms with Crippen LogP contribution in [0.2, 0.25) is 0 Å². The predicted octanol–water partition coefficient (Wildman–Crippen LogP) is 0.304. The average Bonchev–Trinajstić information content (AvgIpc) is 2.11. The number of hydrogen-bond acceptors (Lipinski definition) is 2. The van der Waals surface area contributed by atoms with Gasteiger partial charge < -0.3 is 10.6 Å². The molecule has 0 spiro atoms. The van der Waals surface area contributed by atoms with Crippen molar-refractivity contribution in [3.05, 3.63) is 0 Å². The summed E-state index contributed by atoms with van der Waals surface area (Å²) in [6.45, 7) is 4.54. The lowest BCUT2D eigenvalue weighted by molar-refractivity contribution is -0.132. The van der Waals surface area contributed by atoms with Gasteiger partial charge in [-0.2, -0.15) is 0 Å². The average molecular weight is 142 g/mol. The maximum absolute atomic E-state index is 11.1. The van der Waals surface area contributed by atoms with Crippen LogP contribution in [0.3, 0.4) is 0 Å². The molecule has 0 aromatic rings. The van der Waals surface area contributed by atoms with Gasteiger partial charge in [-0.3, -0.25) is 4.79 Å². The van der Waals surface area contributed by atoms with E-state index in [1.807, 2.05) is 13.8 Å². The van der Waals surface area contributed by atoms with Crippen LogP contribution in [0.4, 0.5) is 0 Å². The van der Waals surface area contributed by atoms with Gasteiger partial charge in [0.05, 0.1) is 5.66 Å². The van der Waals surface area contributed by atoms with E-state index in [0.29, 0.717) is 6.42 Å². The molecule has 10 heavy (non-hydrogen) atoms. The van der Waals surface area contributed by atoms with Crippen LogP contribution < -0.4 is 5.73 Å². The van der Waals surface area contributed by atoms with Crippen LogP contribution in [-0.4, -0.2) is 23.0 Å². The first-order valence-corrected chi connectivity index (χ1v) is 3.61. The van der Waals surface area contributed by atoms with E-state index in [4.69, 9.17) is 5.73 Å². The van der Waals surface area contributed by atoms with E-state index < -0.39 is 5.66 Å². The van der Waals surface area contributed by atoms with Gasteiger partial charge in [0.25, 0.3) is 0 Å². The predicted molar refractivity (Wildman–Crippen MR) is 39.2 cm³/mol. The summed E-state index contributed by atoms with van der Waals surface area (Å²) in [7, 11) is 0. The van der Waals surface area contributed by atoms with Gasteiger partial charge in [0, 0.05) is 13.0 Å². The first-order chi connectivity index (χ1) is 4.52. The Kier molecular flexibility index (Phi) is 1.68. The first-order valence-electron chi connectivity index (χ1n) is 3.61. The molecule has 1 fully saturated rings. The molecule has 0 aromatic carbocycles. The Morgan fingerprint density at radius 1 is 1.60 bits per heavy atom. The van der Waals surface area contributed by atoms with Gasteiger partial charge in [-0.1, -0.05) is 0 Å². The minimum absolute atomic E-state index is 0.188. The summed E-state index contributed by atoms with van der Waals surface area (Å²) >= 11 is 0. The standard InChI is InChI=1S/C7H14N2O/c1-7(2,8)9-5-3-4-6(9)10/h3-5,8H2,1-2H3. The Balaban J connectivity index is 2.64. The van der Waals surface area contributed by atoms with Crippen molar-refractivity contribution in [3.63, 3.8) is 0 Å². The van der Waals surface area contributed by atoms with E-state index in [9.17, 15) is 4.79 Å². The molecule has 0 saturated carbocycles. The molecule has 1 heterocycles. The smallest absolute Gasteiger partial charge is 0.224 e. The fourth-order valence-electron chi connectivity index (χ4n) is 1.26. The molecule has 1 aliphatic heterocycles. The molecule has 0 bridgehead atoms. The van der Waals surface area contributed by atoms with Gasteiger partial charge in [0.15, 0.2) is 0 Å². The lowest BCUT2D eigenvalue weighted by Crippen LogP contribution is -2.51. The molecule has 1 amide bonds. The van der Waals surface area contributed by atoms with Gasteiger partial charge in [-0.05, 0) is 20.3 Å². The number of nitrogens with zero attached hydrogens (tertiary/aromatic N) is 1. The highest BCUT2D eigenvalue weighted by molar-refractivity contribution is 5.78. The molecule has 2 N–H and O–H groups in total. The maximum Gasteiger partial charge on any atom is 0.224 e. The molecule has 1 rings (SSSR count). The van der Waals surface area contributed by atoms with E-state index in [-0.39, 0.29) is 5.91 Å². The lowest BCUT2D eigenvalue weighted by Gasteiger charge is -2.31. The third-order valence-corrected chi connectivity index (χ3v) is 1.77. The monoisotopic (exact) mass is 142 g/mol. The van der Waals surface area contributed by atoms with Crippen molar-refractivity contribution in [1.29, 1.82) is 0 Å². The maximum atomic E-state index is 11.1. The summed E-state index contributed by atoms with van der Waals surface area (Å²) in [6.07, 6.45) is 1.63. The molecule has 0 aromatic heterocycles. The third kappa shape index (κ3) is 1.29. The van der Waals surface area contributed by atoms with Gasteiger partial charge in [0.1, 0.15) is 0 Å². The second-order valence-electron chi connectivity index (χ2n) is 3.30. The van der Waals surface area contributed by atoms with Crippen molar-refractivity contribution in [3.8, 4) is 0 Å². The Bertz CT molecular complexity index is 148. The van der Waals surface area contributed by atoms with Crippen molar-refractivity contribution >= 4 is 5.91 Å². The second-order valence-corrected chi connectivity index (χ2v) is 3.30. The minimum atomic E-state index is -0.465. The Morgan fingerprint density at radius 3 is 2.40 bits per heavy atom. The quantitative estimate of drug-likeness (QED) is 0.572. The highest BCUT2D eigenvalue weighted by Gasteiger charge is 2.30. The number of amides is 1. The molecule has 58 valence electrons. The highest BCUT2D eigenvalue weighted by atomic mass is 16.2. The summed E-state index contributed by atoms with van der Waals surface area (Å²) in [6, 6.07) is 0. The number of hydrogen-bond donors (Lipinski definition) is 1. The van der Waals surface area contributed by atoms with Crippen LogP contribution in [0.25, 0.3) is 0 Å². The van der Waals surface area contributed by atoms with Gasteiger partial charge >= 0.3 is 0 Å². The van der Waals surface area contributed by atoms with Crippen molar-refractivity contribution in [2.45, 2.75) is 32.4 Å². The van der Waals surface area contributed by atoms with Crippen molar-refractivity contribution in [1.82, 2.24) is 4.90 Å². The molecule has 3 heteroatoms. The van der Waals surface area contributed by atoms with E-state index in [0.717, 1.165) is 13.0 Å². The SMILES string of the molecule is CC(C)(N)N1CCCC1=O. The van der Waals surface area contributed by atoms with Crippen LogP contribution in [-0.2, 0) is 4.79 Å². The van der Waals surface area contributed by atoms with Crippen LogP contribution in [0.5, 0.6) is 0 Å². The third-order valence-electron chi connectivity index (χ3n) is 1.77. The minimum Gasteiger partial charge on any atom is -0.325 e. The highest BCUT2D eigenvalue weighted by Crippen LogP contribution is 2.16. The number of likely N-dealkylation sites (tertiary alicyclic amines) is 1. The largest absolute Gasteiger partial charge is 0.325 e. The number of carbonyl (C=O) groups excluding carboxylic acids is 1. The normalized spacial score (nSPS) is 20.3. The zero-order valence-electron chi connectivity index (χ0n) is 6.55. The number of rotatable bonds is 1. The van der Waals surface area contributed by atoms with E-state index in [1.54, 1.807) is 4.90 Å². The summed E-state index contributed by atoms with van der Waals surface area (Å²) in [4.78, 5) is 12.8. The molecular weight excluding hydrogens is 128 g/mol. The summed E-state index contributed by atoms with van der Waals surface area (Å²) in [5, 5.41) is 0. The first kappa shape index (κ1) is 7.54. The lowest BCUT2D eigenvalue weighted by atomic mass is 10.2. The van der Waals surface area contributed by atoms with Crippen LogP contribution in [0, 0.1) is 0 Å². The van der Waals surface area contributed by atoms with Gasteiger partial charge in [-0.15, -0.1) is 0 Å². The Morgan fingerprint density at radius 2 is 2.20 bits per heavy atom.